The highest BCUT2D eigenvalue weighted by atomic mass is 19.1. The van der Waals surface area contributed by atoms with E-state index in [0.717, 1.165) is 0 Å². The Labute approximate surface area is 120 Å². The van der Waals surface area contributed by atoms with Gasteiger partial charge in [0.1, 0.15) is 23.2 Å². The second-order valence-corrected chi connectivity index (χ2v) is 5.90. The van der Waals surface area contributed by atoms with Gasteiger partial charge in [0.15, 0.2) is 0 Å². The molecule has 0 aromatic heterocycles. The van der Waals surface area contributed by atoms with Crippen molar-refractivity contribution < 1.29 is 26.9 Å². The zero-order valence-electron chi connectivity index (χ0n) is 12.1. The smallest absolute Gasteiger partial charge is 0.398 e. The van der Waals surface area contributed by atoms with Crippen molar-refractivity contribution in [3.63, 3.8) is 0 Å². The third-order valence-electron chi connectivity index (χ3n) is 3.80. The molecule has 1 saturated heterocycles. The Morgan fingerprint density at radius 3 is 1.86 bits per heavy atom. The predicted molar refractivity (Wildman–Crippen MR) is 71.5 cm³/mol. The number of hydrogen-bond donors (Lipinski definition) is 0. The molecule has 2 nitrogen and oxygen atoms in total. The molecule has 0 unspecified atom stereocenters. The molecule has 2 rings (SSSR count). The Kier molecular flexibility index (Phi) is 3.93. The Morgan fingerprint density at radius 1 is 1.00 bits per heavy atom. The maximum absolute atomic E-state index is 14.1. The van der Waals surface area contributed by atoms with Crippen LogP contribution < -0.4 is 0 Å². The minimum atomic E-state index is -1.36. The third-order valence-corrected chi connectivity index (χ3v) is 3.80. The average Bonchev–Trinajstić information content (AvgIpc) is 2.53. The first kappa shape index (κ1) is 16.0. The van der Waals surface area contributed by atoms with Crippen LogP contribution in [0.1, 0.15) is 33.3 Å². The summed E-state index contributed by atoms with van der Waals surface area (Å²) in [5.74, 6) is -3.46. The molecule has 1 aliphatic heterocycles. The Morgan fingerprint density at radius 2 is 1.43 bits per heavy atom. The molecule has 7 heteroatoms. The largest absolute Gasteiger partial charge is 0.525 e. The number of benzene rings is 1. The summed E-state index contributed by atoms with van der Waals surface area (Å²) >= 11 is 0. The molecule has 0 bridgehead atoms. The number of hydrogen-bond acceptors (Lipinski definition) is 2. The summed E-state index contributed by atoms with van der Waals surface area (Å²) < 4.78 is 64.7. The van der Waals surface area contributed by atoms with E-state index in [2.05, 4.69) is 0 Å². The van der Waals surface area contributed by atoms with Crippen LogP contribution in [0, 0.1) is 17.5 Å². The summed E-state index contributed by atoms with van der Waals surface area (Å²) in [6.07, 6.45) is 0.617. The summed E-state index contributed by atoms with van der Waals surface area (Å²) in [6, 6.07) is 0.957. The van der Waals surface area contributed by atoms with Gasteiger partial charge in [0.25, 0.3) is 0 Å². The molecule has 0 atom stereocenters. The van der Waals surface area contributed by atoms with Gasteiger partial charge < -0.3 is 9.31 Å². The monoisotopic (exact) mass is 302 g/mol. The summed E-state index contributed by atoms with van der Waals surface area (Å²) in [7, 11) is -1.36. The van der Waals surface area contributed by atoms with E-state index < -0.39 is 47.1 Å². The zero-order valence-corrected chi connectivity index (χ0v) is 12.1. The summed E-state index contributed by atoms with van der Waals surface area (Å²) in [4.78, 5) is 0. The summed E-state index contributed by atoms with van der Waals surface area (Å²) in [5.41, 5.74) is -3.22. The molecule has 21 heavy (non-hydrogen) atoms. The van der Waals surface area contributed by atoms with Gasteiger partial charge in [-0.15, -0.1) is 0 Å². The quantitative estimate of drug-likeness (QED) is 0.606. The van der Waals surface area contributed by atoms with E-state index in [-0.39, 0.29) is 0 Å². The van der Waals surface area contributed by atoms with Crippen molar-refractivity contribution >= 4 is 13.2 Å². The lowest BCUT2D eigenvalue weighted by atomic mass is 9.86. The van der Waals surface area contributed by atoms with Crippen molar-refractivity contribution in [2.45, 2.75) is 38.9 Å². The van der Waals surface area contributed by atoms with Crippen LogP contribution >= 0.6 is 0 Å². The Balaban J connectivity index is 2.32. The second kappa shape index (κ2) is 5.14. The normalized spacial score (nSPS) is 21.0. The van der Waals surface area contributed by atoms with Crippen LogP contribution in [-0.4, -0.2) is 18.3 Å². The molecule has 1 aromatic carbocycles. The van der Waals surface area contributed by atoms with E-state index in [1.165, 1.54) is 0 Å². The highest BCUT2D eigenvalue weighted by molar-refractivity contribution is 6.54. The molecule has 0 radical (unpaired) electrons. The highest BCUT2D eigenvalue weighted by Gasteiger charge is 2.53. The van der Waals surface area contributed by atoms with E-state index >= 15 is 0 Å². The first-order valence-electron chi connectivity index (χ1n) is 6.41. The SMILES string of the molecule is CC1(C)OB(C(F)=Cc2c(F)cc(F)cc2F)OC1(C)C. The molecule has 0 amide bonds. The van der Waals surface area contributed by atoms with Crippen LogP contribution in [0.5, 0.6) is 0 Å². The van der Waals surface area contributed by atoms with Gasteiger partial charge in [0.05, 0.1) is 11.2 Å². The second-order valence-electron chi connectivity index (χ2n) is 5.90. The van der Waals surface area contributed by atoms with Gasteiger partial charge in [-0.1, -0.05) is 0 Å². The van der Waals surface area contributed by atoms with E-state index in [9.17, 15) is 17.6 Å². The van der Waals surface area contributed by atoms with Gasteiger partial charge in [-0.25, -0.2) is 17.6 Å². The first-order chi connectivity index (χ1) is 9.53. The minimum absolute atomic E-state index is 0.479. The standard InChI is InChI=1S/C14H15BF4O2/c1-13(2)14(3,4)21-15(20-13)12(19)7-9-10(17)5-8(16)6-11(9)18/h5-7H,1-4H3. The Hall–Kier alpha value is -1.34. The predicted octanol–water partition coefficient (Wildman–Crippen LogP) is 4.05. The fourth-order valence-electron chi connectivity index (χ4n) is 1.85. The first-order valence-corrected chi connectivity index (χ1v) is 6.41. The van der Waals surface area contributed by atoms with E-state index in [0.29, 0.717) is 18.2 Å². The van der Waals surface area contributed by atoms with Crippen LogP contribution in [0.4, 0.5) is 17.6 Å². The lowest BCUT2D eigenvalue weighted by Gasteiger charge is -2.32. The summed E-state index contributed by atoms with van der Waals surface area (Å²) in [6.45, 7) is 6.89. The molecular weight excluding hydrogens is 287 g/mol. The lowest BCUT2D eigenvalue weighted by molar-refractivity contribution is 0.00578. The fraction of sp³-hybridized carbons (Fsp3) is 0.429. The van der Waals surface area contributed by atoms with Crippen LogP contribution in [-0.2, 0) is 9.31 Å². The van der Waals surface area contributed by atoms with Crippen LogP contribution in [0.3, 0.4) is 0 Å². The number of rotatable bonds is 2. The zero-order chi connectivity index (χ0) is 16.0. The molecule has 0 spiro atoms. The molecule has 1 aromatic rings. The van der Waals surface area contributed by atoms with Gasteiger partial charge in [0, 0.05) is 17.7 Å². The van der Waals surface area contributed by atoms with Crippen molar-refractivity contribution in [3.05, 3.63) is 40.9 Å². The van der Waals surface area contributed by atoms with E-state index in [1.807, 2.05) is 0 Å². The molecule has 0 N–H and O–H groups in total. The topological polar surface area (TPSA) is 18.5 Å². The highest BCUT2D eigenvalue weighted by Crippen LogP contribution is 2.39. The van der Waals surface area contributed by atoms with Crippen molar-refractivity contribution in [1.29, 1.82) is 0 Å². The third kappa shape index (κ3) is 2.99. The maximum Gasteiger partial charge on any atom is 0.525 e. The molecule has 114 valence electrons. The van der Waals surface area contributed by atoms with Crippen molar-refractivity contribution in [3.8, 4) is 0 Å². The van der Waals surface area contributed by atoms with E-state index in [1.54, 1.807) is 27.7 Å². The van der Waals surface area contributed by atoms with Crippen molar-refractivity contribution in [2.24, 2.45) is 0 Å². The van der Waals surface area contributed by atoms with Gasteiger partial charge in [-0.2, -0.15) is 0 Å². The van der Waals surface area contributed by atoms with E-state index in [4.69, 9.17) is 9.31 Å². The average molecular weight is 302 g/mol. The van der Waals surface area contributed by atoms with Gasteiger partial charge in [-0.05, 0) is 33.8 Å². The van der Waals surface area contributed by atoms with Crippen LogP contribution in [0.2, 0.25) is 0 Å². The van der Waals surface area contributed by atoms with Crippen molar-refractivity contribution in [2.75, 3.05) is 0 Å². The van der Waals surface area contributed by atoms with Gasteiger partial charge in [-0.3, -0.25) is 0 Å². The molecule has 0 saturated carbocycles. The molecule has 1 heterocycles. The van der Waals surface area contributed by atoms with Crippen LogP contribution in [0.15, 0.2) is 17.9 Å². The van der Waals surface area contributed by atoms with Gasteiger partial charge >= 0.3 is 7.12 Å². The maximum atomic E-state index is 14.1. The lowest BCUT2D eigenvalue weighted by Crippen LogP contribution is -2.41. The minimum Gasteiger partial charge on any atom is -0.398 e. The number of halogens is 4. The molecule has 1 fully saturated rings. The van der Waals surface area contributed by atoms with Crippen LogP contribution in [0.25, 0.3) is 6.08 Å². The molecule has 1 aliphatic rings. The van der Waals surface area contributed by atoms with Crippen molar-refractivity contribution in [1.82, 2.24) is 0 Å². The molecular formula is C14H15BF4O2. The summed E-state index contributed by atoms with van der Waals surface area (Å²) in [5, 5.41) is 0. The van der Waals surface area contributed by atoms with Gasteiger partial charge in [0.2, 0.25) is 0 Å². The molecule has 0 aliphatic carbocycles. The Bertz CT molecular complexity index is 560. The fourth-order valence-corrected chi connectivity index (χ4v) is 1.85.